The number of imide groups is 1. The second kappa shape index (κ2) is 4.73. The summed E-state index contributed by atoms with van der Waals surface area (Å²) in [6.45, 7) is 0. The molecule has 0 saturated carbocycles. The average Bonchev–Trinajstić information content (AvgIpc) is 2.36. The first-order chi connectivity index (χ1) is 6.66. The summed E-state index contributed by atoms with van der Waals surface area (Å²) >= 11 is 0. The Morgan fingerprint density at radius 3 is 1.53 bits per heavy atom. The molecule has 2 amide bonds. The van der Waals surface area contributed by atoms with Gasteiger partial charge in [-0.25, -0.2) is 4.79 Å². The molecule has 0 spiro atoms. The molecule has 2 N–H and O–H groups in total. The molecular weight excluding hydrogens is 223 g/mol. The third-order valence-electron chi connectivity index (χ3n) is 1.27. The number of carboxylic acids is 1. The molecule has 86 valence electrons. The lowest BCUT2D eigenvalue weighted by atomic mass is 10.4. The molecule has 0 bridgehead atoms. The van der Waals surface area contributed by atoms with E-state index in [1.807, 2.05) is 0 Å². The summed E-state index contributed by atoms with van der Waals surface area (Å²) in [4.78, 5) is 29.4. The lowest BCUT2D eigenvalue weighted by molar-refractivity contribution is -0.192. The zero-order chi connectivity index (χ0) is 12.2. The van der Waals surface area contributed by atoms with Crippen LogP contribution in [0, 0.1) is 0 Å². The molecule has 9 heteroatoms. The van der Waals surface area contributed by atoms with Crippen LogP contribution < -0.4 is 0 Å². The van der Waals surface area contributed by atoms with Crippen molar-refractivity contribution in [2.75, 3.05) is 0 Å². The minimum absolute atomic E-state index is 0.148. The number of hydrogen-bond acceptors (Lipinski definition) is 4. The van der Waals surface area contributed by atoms with Crippen LogP contribution in [-0.4, -0.2) is 39.3 Å². The van der Waals surface area contributed by atoms with E-state index < -0.39 is 24.0 Å². The Hall–Kier alpha value is -1.64. The van der Waals surface area contributed by atoms with E-state index in [0.29, 0.717) is 0 Å². The Morgan fingerprint density at radius 2 is 1.47 bits per heavy atom. The summed E-state index contributed by atoms with van der Waals surface area (Å²) in [5.41, 5.74) is 0. The lowest BCUT2D eigenvalue weighted by Gasteiger charge is -1.98. The number of hydrogen-bond donors (Lipinski definition) is 2. The van der Waals surface area contributed by atoms with Gasteiger partial charge in [0.2, 0.25) is 0 Å². The van der Waals surface area contributed by atoms with Gasteiger partial charge in [0.05, 0.1) is 0 Å². The normalized spacial score (nSPS) is 16.1. The molecule has 1 aliphatic heterocycles. The summed E-state index contributed by atoms with van der Waals surface area (Å²) in [6.07, 6.45) is -4.79. The summed E-state index contributed by atoms with van der Waals surface area (Å²) in [6, 6.07) is 0. The Kier molecular flexibility index (Phi) is 4.21. The third-order valence-corrected chi connectivity index (χ3v) is 1.27. The molecule has 0 radical (unpaired) electrons. The van der Waals surface area contributed by atoms with Crippen molar-refractivity contribution in [2.24, 2.45) is 0 Å². The molecule has 0 unspecified atom stereocenters. The lowest BCUT2D eigenvalue weighted by Crippen LogP contribution is -2.24. The van der Waals surface area contributed by atoms with Crippen molar-refractivity contribution in [1.29, 1.82) is 0 Å². The number of hydroxylamine groups is 2. The van der Waals surface area contributed by atoms with Crippen LogP contribution >= 0.6 is 0 Å². The van der Waals surface area contributed by atoms with Crippen LogP contribution in [0.2, 0.25) is 0 Å². The molecule has 0 aromatic rings. The van der Waals surface area contributed by atoms with Gasteiger partial charge < -0.3 is 5.11 Å². The fraction of sp³-hybridized carbons (Fsp3) is 0.500. The van der Waals surface area contributed by atoms with Gasteiger partial charge in [0.25, 0.3) is 11.8 Å². The quantitative estimate of drug-likeness (QED) is 0.455. The predicted octanol–water partition coefficient (Wildman–Crippen LogP) is 0.158. The van der Waals surface area contributed by atoms with Crippen LogP contribution in [0.5, 0.6) is 0 Å². The number of alkyl halides is 3. The number of carbonyl (C=O) groups excluding carboxylic acids is 2. The fourth-order valence-corrected chi connectivity index (χ4v) is 0.565. The standard InChI is InChI=1S/C4H5NO3.C2HF3O2/c6-3-1-2-4(7)5(3)8;3-2(4,5)1(6)7/h8H,1-2H2;(H,6,7). The van der Waals surface area contributed by atoms with Gasteiger partial charge in [-0.2, -0.15) is 18.2 Å². The van der Waals surface area contributed by atoms with Crippen molar-refractivity contribution < 1.29 is 37.9 Å². The Labute approximate surface area is 80.8 Å². The number of rotatable bonds is 0. The summed E-state index contributed by atoms with van der Waals surface area (Å²) in [7, 11) is 0. The van der Waals surface area contributed by atoms with Crippen molar-refractivity contribution in [1.82, 2.24) is 5.06 Å². The molecule has 0 aliphatic carbocycles. The molecule has 0 atom stereocenters. The highest BCUT2D eigenvalue weighted by Crippen LogP contribution is 2.13. The van der Waals surface area contributed by atoms with E-state index in [9.17, 15) is 22.8 Å². The highest BCUT2D eigenvalue weighted by Gasteiger charge is 2.38. The van der Waals surface area contributed by atoms with Gasteiger partial charge in [-0.1, -0.05) is 0 Å². The van der Waals surface area contributed by atoms with E-state index in [1.54, 1.807) is 0 Å². The first kappa shape index (κ1) is 13.4. The molecule has 0 aromatic carbocycles. The minimum atomic E-state index is -5.08. The molecule has 1 fully saturated rings. The molecule has 1 heterocycles. The number of halogens is 3. The van der Waals surface area contributed by atoms with Gasteiger partial charge in [0.15, 0.2) is 0 Å². The van der Waals surface area contributed by atoms with Crippen LogP contribution in [0.3, 0.4) is 0 Å². The maximum atomic E-state index is 10.6. The van der Waals surface area contributed by atoms with Gasteiger partial charge >= 0.3 is 12.1 Å². The maximum Gasteiger partial charge on any atom is 0.490 e. The van der Waals surface area contributed by atoms with Gasteiger partial charge in [0.1, 0.15) is 0 Å². The monoisotopic (exact) mass is 229 g/mol. The highest BCUT2D eigenvalue weighted by atomic mass is 19.4. The van der Waals surface area contributed by atoms with Crippen LogP contribution in [0.15, 0.2) is 0 Å². The largest absolute Gasteiger partial charge is 0.490 e. The fourth-order valence-electron chi connectivity index (χ4n) is 0.565. The topological polar surface area (TPSA) is 94.9 Å². The molecule has 1 saturated heterocycles. The van der Waals surface area contributed by atoms with Crippen LogP contribution in [0.4, 0.5) is 13.2 Å². The van der Waals surface area contributed by atoms with Crippen molar-refractivity contribution in [3.63, 3.8) is 0 Å². The molecule has 15 heavy (non-hydrogen) atoms. The zero-order valence-corrected chi connectivity index (χ0v) is 7.11. The Balaban J connectivity index is 0.000000265. The second-order valence-corrected chi connectivity index (χ2v) is 2.40. The van der Waals surface area contributed by atoms with Crippen molar-refractivity contribution >= 4 is 17.8 Å². The maximum absolute atomic E-state index is 10.6. The SMILES string of the molecule is O=C(O)C(F)(F)F.O=C1CCC(=O)N1O. The van der Waals surface area contributed by atoms with Crippen molar-refractivity contribution in [3.05, 3.63) is 0 Å². The van der Waals surface area contributed by atoms with Crippen LogP contribution in [0.25, 0.3) is 0 Å². The average molecular weight is 229 g/mol. The summed E-state index contributed by atoms with van der Waals surface area (Å²) in [5, 5.41) is 15.7. The molecule has 6 nitrogen and oxygen atoms in total. The van der Waals surface area contributed by atoms with E-state index in [0.717, 1.165) is 0 Å². The molecule has 1 aliphatic rings. The van der Waals surface area contributed by atoms with E-state index in [1.165, 1.54) is 0 Å². The minimum Gasteiger partial charge on any atom is -0.475 e. The third kappa shape index (κ3) is 4.40. The molecule has 0 aromatic heterocycles. The molecule has 1 rings (SSSR count). The van der Waals surface area contributed by atoms with E-state index >= 15 is 0 Å². The van der Waals surface area contributed by atoms with Crippen LogP contribution in [0.1, 0.15) is 12.8 Å². The first-order valence-electron chi connectivity index (χ1n) is 3.51. The number of carbonyl (C=O) groups is 3. The van der Waals surface area contributed by atoms with E-state index in [-0.39, 0.29) is 17.9 Å². The van der Waals surface area contributed by atoms with Gasteiger partial charge in [0, 0.05) is 12.8 Å². The molecular formula is C6H6F3NO5. The number of amides is 2. The van der Waals surface area contributed by atoms with Gasteiger partial charge in [-0.15, -0.1) is 0 Å². The van der Waals surface area contributed by atoms with E-state index in [2.05, 4.69) is 0 Å². The van der Waals surface area contributed by atoms with E-state index in [4.69, 9.17) is 15.1 Å². The predicted molar refractivity (Wildman–Crippen MR) is 36.6 cm³/mol. The van der Waals surface area contributed by atoms with Gasteiger partial charge in [-0.05, 0) is 0 Å². The summed E-state index contributed by atoms with van der Waals surface area (Å²) < 4.78 is 31.7. The number of aliphatic carboxylic acids is 1. The Morgan fingerprint density at radius 1 is 1.20 bits per heavy atom. The van der Waals surface area contributed by atoms with Gasteiger partial charge in [-0.3, -0.25) is 14.8 Å². The van der Waals surface area contributed by atoms with Crippen molar-refractivity contribution in [2.45, 2.75) is 19.0 Å². The first-order valence-corrected chi connectivity index (χ1v) is 3.51. The highest BCUT2D eigenvalue weighted by molar-refractivity contribution is 6.00. The smallest absolute Gasteiger partial charge is 0.475 e. The zero-order valence-electron chi connectivity index (χ0n) is 7.11. The number of nitrogens with zero attached hydrogens (tertiary/aromatic N) is 1. The number of carboxylic acid groups (broad SMARTS) is 1. The Bertz CT molecular complexity index is 271. The second-order valence-electron chi connectivity index (χ2n) is 2.40. The van der Waals surface area contributed by atoms with Crippen LogP contribution in [-0.2, 0) is 14.4 Å². The summed E-state index contributed by atoms with van der Waals surface area (Å²) in [5.74, 6) is -3.77. The van der Waals surface area contributed by atoms with Crippen molar-refractivity contribution in [3.8, 4) is 0 Å².